The summed E-state index contributed by atoms with van der Waals surface area (Å²) < 4.78 is 13.5. The Balaban J connectivity index is 0.00000225. The monoisotopic (exact) mass is 266 g/mol. The molecule has 0 amide bonds. The van der Waals surface area contributed by atoms with E-state index in [1.54, 1.807) is 6.07 Å². The fraction of sp³-hybridized carbons (Fsp3) is 0.455. The molecule has 0 aliphatic heterocycles. The topological polar surface area (TPSA) is 52.0 Å². The van der Waals surface area contributed by atoms with Crippen molar-refractivity contribution in [2.75, 3.05) is 6.54 Å². The molecule has 92 valence electrons. The van der Waals surface area contributed by atoms with Crippen molar-refractivity contribution in [1.82, 2.24) is 0 Å². The first kappa shape index (κ1) is 15.7. The van der Waals surface area contributed by atoms with Gasteiger partial charge in [-0.05, 0) is 37.9 Å². The lowest BCUT2D eigenvalue weighted by molar-refractivity contribution is 0.553. The number of halogens is 3. The minimum absolute atomic E-state index is 0. The first-order valence-corrected chi connectivity index (χ1v) is 5.36. The van der Waals surface area contributed by atoms with Crippen molar-refractivity contribution < 1.29 is 4.39 Å². The zero-order valence-electron chi connectivity index (χ0n) is 9.17. The van der Waals surface area contributed by atoms with Gasteiger partial charge in [0.1, 0.15) is 5.82 Å². The lowest BCUT2D eigenvalue weighted by Gasteiger charge is -2.15. The zero-order valence-corrected chi connectivity index (χ0v) is 10.7. The van der Waals surface area contributed by atoms with Gasteiger partial charge >= 0.3 is 0 Å². The largest absolute Gasteiger partial charge is 0.330 e. The van der Waals surface area contributed by atoms with Gasteiger partial charge in [-0.3, -0.25) is 0 Å². The molecule has 1 atom stereocenters. The standard InChI is InChI=1S/C11H16ClFN2.ClH/c1-7-4-5-8(13)10(11(7)12)9(15)3-2-6-14;/h4-5,9H,2-3,6,14-15H2,1H3;1H/t9-;/m1./s1. The minimum Gasteiger partial charge on any atom is -0.330 e. The predicted molar refractivity (Wildman–Crippen MR) is 68.6 cm³/mol. The Morgan fingerprint density at radius 2 is 2.06 bits per heavy atom. The average Bonchev–Trinajstić information content (AvgIpc) is 2.21. The van der Waals surface area contributed by atoms with E-state index < -0.39 is 0 Å². The van der Waals surface area contributed by atoms with Gasteiger partial charge in [-0.15, -0.1) is 12.4 Å². The Morgan fingerprint density at radius 3 is 2.62 bits per heavy atom. The van der Waals surface area contributed by atoms with Crippen molar-refractivity contribution in [3.63, 3.8) is 0 Å². The van der Waals surface area contributed by atoms with E-state index >= 15 is 0 Å². The van der Waals surface area contributed by atoms with Crippen molar-refractivity contribution in [3.05, 3.63) is 34.1 Å². The number of hydrogen-bond donors (Lipinski definition) is 2. The molecule has 1 aromatic carbocycles. The van der Waals surface area contributed by atoms with Crippen LogP contribution in [0.4, 0.5) is 4.39 Å². The third kappa shape index (κ3) is 3.59. The van der Waals surface area contributed by atoms with Crippen LogP contribution in [0.1, 0.15) is 30.0 Å². The van der Waals surface area contributed by atoms with E-state index in [1.165, 1.54) is 6.07 Å². The van der Waals surface area contributed by atoms with E-state index in [2.05, 4.69) is 0 Å². The van der Waals surface area contributed by atoms with Gasteiger partial charge in [-0.25, -0.2) is 4.39 Å². The molecular formula is C11H17Cl2FN2. The second-order valence-corrected chi connectivity index (χ2v) is 4.01. The number of rotatable bonds is 4. The lowest BCUT2D eigenvalue weighted by atomic mass is 10.00. The molecule has 5 heteroatoms. The van der Waals surface area contributed by atoms with E-state index in [9.17, 15) is 4.39 Å². The van der Waals surface area contributed by atoms with E-state index in [4.69, 9.17) is 23.1 Å². The zero-order chi connectivity index (χ0) is 11.4. The highest BCUT2D eigenvalue weighted by Gasteiger charge is 2.16. The first-order chi connectivity index (χ1) is 7.07. The number of nitrogens with two attached hydrogens (primary N) is 2. The molecule has 1 rings (SSSR count). The maximum absolute atomic E-state index is 13.5. The molecule has 2 nitrogen and oxygen atoms in total. The fourth-order valence-corrected chi connectivity index (χ4v) is 1.79. The summed E-state index contributed by atoms with van der Waals surface area (Å²) in [6.45, 7) is 2.39. The summed E-state index contributed by atoms with van der Waals surface area (Å²) in [5, 5.41) is 0.430. The van der Waals surface area contributed by atoms with Gasteiger partial charge in [-0.1, -0.05) is 17.7 Å². The van der Waals surface area contributed by atoms with Crippen LogP contribution in [0.2, 0.25) is 5.02 Å². The first-order valence-electron chi connectivity index (χ1n) is 4.98. The quantitative estimate of drug-likeness (QED) is 0.881. The Hall–Kier alpha value is -0.350. The molecule has 0 saturated heterocycles. The third-order valence-corrected chi connectivity index (χ3v) is 2.91. The van der Waals surface area contributed by atoms with Crippen molar-refractivity contribution in [2.45, 2.75) is 25.8 Å². The fourth-order valence-electron chi connectivity index (χ4n) is 1.50. The van der Waals surface area contributed by atoms with Gasteiger partial charge in [0.2, 0.25) is 0 Å². The minimum atomic E-state index is -0.374. The van der Waals surface area contributed by atoms with Gasteiger partial charge in [0.15, 0.2) is 0 Å². The normalized spacial score (nSPS) is 12.1. The van der Waals surface area contributed by atoms with E-state index in [0.717, 1.165) is 12.0 Å². The Labute approximate surface area is 107 Å². The van der Waals surface area contributed by atoms with Gasteiger partial charge in [0.05, 0.1) is 5.02 Å². The van der Waals surface area contributed by atoms with Gasteiger partial charge < -0.3 is 11.5 Å². The molecule has 1 aromatic rings. The second kappa shape index (κ2) is 7.07. The van der Waals surface area contributed by atoms with Crippen LogP contribution in [0.25, 0.3) is 0 Å². The lowest BCUT2D eigenvalue weighted by Crippen LogP contribution is -2.15. The summed E-state index contributed by atoms with van der Waals surface area (Å²) in [4.78, 5) is 0. The van der Waals surface area contributed by atoms with Crippen LogP contribution in [-0.4, -0.2) is 6.54 Å². The molecule has 0 saturated carbocycles. The molecule has 0 radical (unpaired) electrons. The maximum atomic E-state index is 13.5. The molecule has 0 aromatic heterocycles. The Morgan fingerprint density at radius 1 is 1.44 bits per heavy atom. The van der Waals surface area contributed by atoms with Crippen LogP contribution in [0.3, 0.4) is 0 Å². The predicted octanol–water partition coefficient (Wildman–Crippen LogP) is 2.95. The highest BCUT2D eigenvalue weighted by Crippen LogP contribution is 2.29. The summed E-state index contributed by atoms with van der Waals surface area (Å²) in [5.41, 5.74) is 12.5. The van der Waals surface area contributed by atoms with E-state index in [1.807, 2.05) is 6.92 Å². The van der Waals surface area contributed by atoms with Crippen LogP contribution in [-0.2, 0) is 0 Å². The van der Waals surface area contributed by atoms with Crippen molar-refractivity contribution in [1.29, 1.82) is 0 Å². The Kier molecular flexibility index (Phi) is 6.91. The second-order valence-electron chi connectivity index (χ2n) is 3.63. The average molecular weight is 267 g/mol. The summed E-state index contributed by atoms with van der Waals surface area (Å²) >= 11 is 6.02. The molecular weight excluding hydrogens is 250 g/mol. The molecule has 0 heterocycles. The van der Waals surface area contributed by atoms with Crippen molar-refractivity contribution >= 4 is 24.0 Å². The van der Waals surface area contributed by atoms with E-state index in [0.29, 0.717) is 23.6 Å². The van der Waals surface area contributed by atoms with Crippen LogP contribution in [0, 0.1) is 12.7 Å². The summed E-state index contributed by atoms with van der Waals surface area (Å²) in [6, 6.07) is 2.68. The van der Waals surface area contributed by atoms with Gasteiger partial charge in [-0.2, -0.15) is 0 Å². The number of hydrogen-bond acceptors (Lipinski definition) is 2. The van der Waals surface area contributed by atoms with Crippen LogP contribution < -0.4 is 11.5 Å². The third-order valence-electron chi connectivity index (χ3n) is 2.41. The summed E-state index contributed by atoms with van der Waals surface area (Å²) in [7, 11) is 0. The molecule has 4 N–H and O–H groups in total. The number of aryl methyl sites for hydroxylation is 1. The van der Waals surface area contributed by atoms with Crippen molar-refractivity contribution in [3.8, 4) is 0 Å². The highest BCUT2D eigenvalue weighted by atomic mass is 35.5. The van der Waals surface area contributed by atoms with Crippen LogP contribution >= 0.6 is 24.0 Å². The highest BCUT2D eigenvalue weighted by molar-refractivity contribution is 6.32. The maximum Gasteiger partial charge on any atom is 0.129 e. The molecule has 0 aliphatic rings. The molecule has 0 aliphatic carbocycles. The Bertz CT molecular complexity index is 345. The SMILES string of the molecule is Cc1ccc(F)c([C@H](N)CCCN)c1Cl.Cl. The smallest absolute Gasteiger partial charge is 0.129 e. The molecule has 0 fully saturated rings. The van der Waals surface area contributed by atoms with E-state index in [-0.39, 0.29) is 24.3 Å². The van der Waals surface area contributed by atoms with Crippen LogP contribution in [0.5, 0.6) is 0 Å². The summed E-state index contributed by atoms with van der Waals surface area (Å²) in [6.07, 6.45) is 1.42. The molecule has 0 spiro atoms. The van der Waals surface area contributed by atoms with Gasteiger partial charge in [0, 0.05) is 11.6 Å². The molecule has 0 bridgehead atoms. The van der Waals surface area contributed by atoms with Crippen molar-refractivity contribution in [2.24, 2.45) is 11.5 Å². The van der Waals surface area contributed by atoms with Crippen LogP contribution in [0.15, 0.2) is 12.1 Å². The molecule has 0 unspecified atom stereocenters. The number of benzene rings is 1. The van der Waals surface area contributed by atoms with Gasteiger partial charge in [0.25, 0.3) is 0 Å². The summed E-state index contributed by atoms with van der Waals surface area (Å²) in [5.74, 6) is -0.338. The molecule has 16 heavy (non-hydrogen) atoms.